The molecule has 0 saturated heterocycles. The van der Waals surface area contributed by atoms with Gasteiger partial charge in [0.2, 0.25) is 20.7 Å². The highest BCUT2D eigenvalue weighted by molar-refractivity contribution is 7.91. The Balaban J connectivity index is 2.60. The van der Waals surface area contributed by atoms with E-state index in [0.717, 1.165) is 12.1 Å². The number of hydrogen-bond acceptors (Lipinski definition) is 5. The number of rotatable bonds is 3. The van der Waals surface area contributed by atoms with E-state index in [4.69, 9.17) is 4.42 Å². The first kappa shape index (κ1) is 13.5. The monoisotopic (exact) mass is 284 g/mol. The van der Waals surface area contributed by atoms with Gasteiger partial charge in [0.05, 0.1) is 4.90 Å². The van der Waals surface area contributed by atoms with E-state index in [2.05, 4.69) is 4.98 Å². The van der Waals surface area contributed by atoms with Crippen molar-refractivity contribution in [2.45, 2.75) is 16.8 Å². The number of oxazole rings is 1. The summed E-state index contributed by atoms with van der Waals surface area (Å²) in [6.07, 6.45) is 0. The van der Waals surface area contributed by atoms with Gasteiger partial charge in [-0.2, -0.15) is 4.98 Å². The largest absolute Gasteiger partial charge is 0.424 e. The number of nitrogens with zero attached hydrogens (tertiary/aromatic N) is 2. The third-order valence-electron chi connectivity index (χ3n) is 2.47. The Labute approximate surface area is 110 Å². The van der Waals surface area contributed by atoms with E-state index in [-0.39, 0.29) is 21.7 Å². The van der Waals surface area contributed by atoms with Crippen molar-refractivity contribution in [3.63, 3.8) is 0 Å². The summed E-state index contributed by atoms with van der Waals surface area (Å²) >= 11 is 0. The first-order chi connectivity index (χ1) is 8.82. The number of anilines is 1. The summed E-state index contributed by atoms with van der Waals surface area (Å²) in [5, 5.41) is -0.165. The molecule has 1 aromatic carbocycles. The summed E-state index contributed by atoms with van der Waals surface area (Å²) in [6, 6.07) is 4.59. The Morgan fingerprint density at radius 2 is 1.79 bits per heavy atom. The molecule has 1 heterocycles. The van der Waals surface area contributed by atoms with Crippen molar-refractivity contribution in [2.75, 3.05) is 19.0 Å². The maximum Gasteiger partial charge on any atom is 0.235 e. The zero-order chi connectivity index (χ0) is 14.2. The van der Waals surface area contributed by atoms with Gasteiger partial charge in [-0.15, -0.1) is 0 Å². The number of benzene rings is 1. The van der Waals surface area contributed by atoms with Gasteiger partial charge in [-0.3, -0.25) is 0 Å². The SMILES string of the molecule is Cc1nc(S(=O)(=O)c2ccc(F)cc2)c(N(C)C)o1. The molecule has 0 amide bonds. The quantitative estimate of drug-likeness (QED) is 0.807. The maximum atomic E-state index is 12.9. The molecule has 0 N–H and O–H groups in total. The van der Waals surface area contributed by atoms with Crippen molar-refractivity contribution >= 4 is 15.7 Å². The Morgan fingerprint density at radius 3 is 2.32 bits per heavy atom. The van der Waals surface area contributed by atoms with Crippen LogP contribution in [0, 0.1) is 12.7 Å². The van der Waals surface area contributed by atoms with Crippen LogP contribution < -0.4 is 4.90 Å². The fraction of sp³-hybridized carbons (Fsp3) is 0.250. The number of aromatic nitrogens is 1. The topological polar surface area (TPSA) is 63.4 Å². The molecule has 2 aromatic rings. The smallest absolute Gasteiger partial charge is 0.235 e. The van der Waals surface area contributed by atoms with Gasteiger partial charge in [-0.1, -0.05) is 0 Å². The van der Waals surface area contributed by atoms with Gasteiger partial charge in [-0.05, 0) is 24.3 Å². The molecular weight excluding hydrogens is 271 g/mol. The van der Waals surface area contributed by atoms with Gasteiger partial charge in [0.25, 0.3) is 0 Å². The number of halogens is 1. The van der Waals surface area contributed by atoms with Crippen LogP contribution in [0.2, 0.25) is 0 Å². The molecule has 102 valence electrons. The lowest BCUT2D eigenvalue weighted by atomic mass is 10.4. The summed E-state index contributed by atoms with van der Waals surface area (Å²) in [4.78, 5) is 5.41. The summed E-state index contributed by atoms with van der Waals surface area (Å²) in [5.74, 6) is -0.0886. The van der Waals surface area contributed by atoms with Gasteiger partial charge >= 0.3 is 0 Å². The third-order valence-corrected chi connectivity index (χ3v) is 4.14. The van der Waals surface area contributed by atoms with Crippen LogP contribution in [0.5, 0.6) is 0 Å². The van der Waals surface area contributed by atoms with Crippen LogP contribution in [0.25, 0.3) is 0 Å². The first-order valence-corrected chi connectivity index (χ1v) is 6.96. The fourth-order valence-corrected chi connectivity index (χ4v) is 3.00. The Morgan fingerprint density at radius 1 is 1.21 bits per heavy atom. The molecule has 2 rings (SSSR count). The normalized spacial score (nSPS) is 11.6. The number of aryl methyl sites for hydroxylation is 1. The van der Waals surface area contributed by atoms with E-state index >= 15 is 0 Å². The predicted octanol–water partition coefficient (Wildman–Crippen LogP) is 2.02. The third kappa shape index (κ3) is 2.46. The van der Waals surface area contributed by atoms with Crippen LogP contribution >= 0.6 is 0 Å². The standard InChI is InChI=1S/C12H13FN2O3S/c1-8-14-11(12(18-8)15(2)3)19(16,17)10-6-4-9(13)5-7-10/h4-7H,1-3H3. The number of hydrogen-bond donors (Lipinski definition) is 0. The minimum Gasteiger partial charge on any atom is -0.424 e. The molecule has 1 aromatic heterocycles. The van der Waals surface area contributed by atoms with Crippen molar-refractivity contribution in [3.8, 4) is 0 Å². The minimum atomic E-state index is -3.82. The molecule has 0 atom stereocenters. The van der Waals surface area contributed by atoms with Crippen molar-refractivity contribution in [1.82, 2.24) is 4.98 Å². The maximum absolute atomic E-state index is 12.9. The first-order valence-electron chi connectivity index (χ1n) is 5.48. The second-order valence-electron chi connectivity index (χ2n) is 4.19. The number of sulfone groups is 1. The van der Waals surface area contributed by atoms with E-state index in [0.29, 0.717) is 0 Å². The summed E-state index contributed by atoms with van der Waals surface area (Å²) in [5.41, 5.74) is 0. The lowest BCUT2D eigenvalue weighted by molar-refractivity contribution is 0.519. The molecule has 19 heavy (non-hydrogen) atoms. The fourth-order valence-electron chi connectivity index (χ4n) is 1.58. The van der Waals surface area contributed by atoms with Gasteiger partial charge in [-0.25, -0.2) is 12.8 Å². The van der Waals surface area contributed by atoms with Crippen molar-refractivity contribution in [1.29, 1.82) is 0 Å². The zero-order valence-corrected chi connectivity index (χ0v) is 11.5. The predicted molar refractivity (Wildman–Crippen MR) is 67.4 cm³/mol. The minimum absolute atomic E-state index is 0.0229. The molecule has 0 radical (unpaired) electrons. The molecule has 7 heteroatoms. The highest BCUT2D eigenvalue weighted by atomic mass is 32.2. The van der Waals surface area contributed by atoms with E-state index in [1.54, 1.807) is 21.0 Å². The van der Waals surface area contributed by atoms with Crippen LogP contribution in [-0.4, -0.2) is 27.5 Å². The molecular formula is C12H13FN2O3S. The van der Waals surface area contributed by atoms with E-state index in [9.17, 15) is 12.8 Å². The average Bonchev–Trinajstić information content (AvgIpc) is 2.73. The van der Waals surface area contributed by atoms with Gasteiger partial charge in [0.1, 0.15) is 5.82 Å². The summed E-state index contributed by atoms with van der Waals surface area (Å²) in [6.45, 7) is 1.57. The highest BCUT2D eigenvalue weighted by Gasteiger charge is 2.28. The summed E-state index contributed by atoms with van der Waals surface area (Å²) in [7, 11) is -0.511. The van der Waals surface area contributed by atoms with Gasteiger partial charge < -0.3 is 9.32 Å². The highest BCUT2D eigenvalue weighted by Crippen LogP contribution is 2.29. The van der Waals surface area contributed by atoms with Gasteiger partial charge in [0, 0.05) is 21.0 Å². The van der Waals surface area contributed by atoms with Crippen molar-refractivity contribution in [2.24, 2.45) is 0 Å². The zero-order valence-electron chi connectivity index (χ0n) is 10.7. The molecule has 0 bridgehead atoms. The molecule has 5 nitrogen and oxygen atoms in total. The van der Waals surface area contributed by atoms with Crippen LogP contribution in [0.3, 0.4) is 0 Å². The van der Waals surface area contributed by atoms with Crippen LogP contribution in [0.1, 0.15) is 5.89 Å². The summed E-state index contributed by atoms with van der Waals surface area (Å²) < 4.78 is 42.9. The lowest BCUT2D eigenvalue weighted by Gasteiger charge is -2.10. The molecule has 0 aliphatic heterocycles. The van der Waals surface area contributed by atoms with Crippen molar-refractivity contribution in [3.05, 3.63) is 36.0 Å². The average molecular weight is 284 g/mol. The Kier molecular flexibility index (Phi) is 3.32. The van der Waals surface area contributed by atoms with Gasteiger partial charge in [0.15, 0.2) is 5.89 Å². The molecule has 0 aliphatic rings. The molecule has 0 saturated carbocycles. The van der Waals surface area contributed by atoms with Crippen LogP contribution in [-0.2, 0) is 9.84 Å². The molecule has 0 aliphatic carbocycles. The van der Waals surface area contributed by atoms with E-state index in [1.807, 2.05) is 0 Å². The van der Waals surface area contributed by atoms with Crippen molar-refractivity contribution < 1.29 is 17.2 Å². The van der Waals surface area contributed by atoms with Crippen LogP contribution in [0.15, 0.2) is 38.6 Å². The lowest BCUT2D eigenvalue weighted by Crippen LogP contribution is -2.13. The second-order valence-corrected chi connectivity index (χ2v) is 6.06. The molecule has 0 fully saturated rings. The Bertz CT molecular complexity index is 690. The van der Waals surface area contributed by atoms with Crippen LogP contribution in [0.4, 0.5) is 10.3 Å². The Hall–Kier alpha value is -1.89. The second kappa shape index (κ2) is 4.65. The molecule has 0 spiro atoms. The van der Waals surface area contributed by atoms with E-state index < -0.39 is 15.7 Å². The molecule has 0 unspecified atom stereocenters. The van der Waals surface area contributed by atoms with E-state index in [1.165, 1.54) is 17.0 Å².